The molecule has 5 rings (SSSR count). The number of nitrogens with zero attached hydrogens (tertiary/aromatic N) is 2. The Morgan fingerprint density at radius 2 is 1.78 bits per heavy atom. The second kappa shape index (κ2) is 10.6. The average Bonchev–Trinajstić information content (AvgIpc) is 3.40. The number of rotatable bonds is 7. The van der Waals surface area contributed by atoms with E-state index >= 15 is 0 Å². The van der Waals surface area contributed by atoms with Crippen molar-refractivity contribution in [3.63, 3.8) is 0 Å². The van der Waals surface area contributed by atoms with Gasteiger partial charge in [0.25, 0.3) is 5.91 Å². The van der Waals surface area contributed by atoms with Gasteiger partial charge >= 0.3 is 0 Å². The summed E-state index contributed by atoms with van der Waals surface area (Å²) in [6, 6.07) is 18.0. The monoisotopic (exact) mass is 487 g/mol. The highest BCUT2D eigenvalue weighted by Crippen LogP contribution is 2.32. The highest BCUT2D eigenvalue weighted by Gasteiger charge is 2.42. The highest BCUT2D eigenvalue weighted by atomic mass is 16.2. The first-order valence-electron chi connectivity index (χ1n) is 12.7. The standard InChI is InChI=1S/C28H33N5O3/c1-32(16-8-12-21-18-25(30-29-21)19-9-3-2-4-10-19)27(35)20-11-7-13-22(17-20)33-28(36)24-15-6-5-14-23(24)26(34)31-33/h2-7,9-11,13,17,21,23-25,29-30H,8,12,14-16,18H2,1H3,(H,31,34). The first kappa shape index (κ1) is 24.2. The molecule has 4 atom stereocenters. The van der Waals surface area contributed by atoms with Crippen LogP contribution in [-0.4, -0.2) is 42.3 Å². The van der Waals surface area contributed by atoms with E-state index in [1.807, 2.05) is 18.2 Å². The molecule has 8 nitrogen and oxygen atoms in total. The van der Waals surface area contributed by atoms with Gasteiger partial charge in [0.15, 0.2) is 0 Å². The SMILES string of the molecule is CN(CCCC1CC(c2ccccc2)NN1)C(=O)c1cccc(N2NC(=O)C3CC=CCC3C2=O)c1. The van der Waals surface area contributed by atoms with Gasteiger partial charge in [0, 0.05) is 31.2 Å². The van der Waals surface area contributed by atoms with E-state index in [0.29, 0.717) is 42.7 Å². The van der Waals surface area contributed by atoms with Crippen LogP contribution in [0.1, 0.15) is 54.1 Å². The third-order valence-electron chi connectivity index (χ3n) is 7.46. The van der Waals surface area contributed by atoms with Crippen LogP contribution in [0.3, 0.4) is 0 Å². The van der Waals surface area contributed by atoms with Crippen molar-refractivity contribution in [2.24, 2.45) is 11.8 Å². The summed E-state index contributed by atoms with van der Waals surface area (Å²) >= 11 is 0. The summed E-state index contributed by atoms with van der Waals surface area (Å²) in [6.07, 6.45) is 7.91. The minimum absolute atomic E-state index is 0.106. The minimum Gasteiger partial charge on any atom is -0.342 e. The lowest BCUT2D eigenvalue weighted by Gasteiger charge is -2.38. The summed E-state index contributed by atoms with van der Waals surface area (Å²) in [6.45, 7) is 0.632. The van der Waals surface area contributed by atoms with Crippen LogP contribution in [0, 0.1) is 11.8 Å². The van der Waals surface area contributed by atoms with E-state index < -0.39 is 0 Å². The van der Waals surface area contributed by atoms with Gasteiger partial charge in [-0.2, -0.15) is 0 Å². The molecule has 2 aromatic rings. The van der Waals surface area contributed by atoms with Crippen LogP contribution in [-0.2, 0) is 9.59 Å². The fourth-order valence-corrected chi connectivity index (χ4v) is 5.37. The van der Waals surface area contributed by atoms with Gasteiger partial charge in [-0.05, 0) is 55.9 Å². The van der Waals surface area contributed by atoms with E-state index in [-0.39, 0.29) is 29.6 Å². The van der Waals surface area contributed by atoms with Crippen LogP contribution in [0.25, 0.3) is 0 Å². The largest absolute Gasteiger partial charge is 0.342 e. The maximum absolute atomic E-state index is 13.1. The summed E-state index contributed by atoms with van der Waals surface area (Å²) in [7, 11) is 1.80. The van der Waals surface area contributed by atoms with E-state index in [1.165, 1.54) is 10.6 Å². The van der Waals surface area contributed by atoms with Gasteiger partial charge in [0.2, 0.25) is 11.8 Å². The van der Waals surface area contributed by atoms with Gasteiger partial charge in [0.1, 0.15) is 0 Å². The zero-order valence-electron chi connectivity index (χ0n) is 20.5. The number of allylic oxidation sites excluding steroid dienone is 2. The fraction of sp³-hybridized carbons (Fsp3) is 0.393. The molecule has 8 heteroatoms. The molecule has 3 aliphatic rings. The average molecular weight is 488 g/mol. The molecule has 4 unspecified atom stereocenters. The minimum atomic E-state index is -0.356. The van der Waals surface area contributed by atoms with Crippen LogP contribution in [0.2, 0.25) is 0 Å². The molecule has 2 aliphatic heterocycles. The Kier molecular flexibility index (Phi) is 7.16. The maximum atomic E-state index is 13.1. The van der Waals surface area contributed by atoms with Gasteiger partial charge in [-0.15, -0.1) is 0 Å². The molecule has 1 aliphatic carbocycles. The predicted octanol–water partition coefficient (Wildman–Crippen LogP) is 3.11. The van der Waals surface area contributed by atoms with Crippen LogP contribution >= 0.6 is 0 Å². The van der Waals surface area contributed by atoms with Crippen molar-refractivity contribution < 1.29 is 14.4 Å². The van der Waals surface area contributed by atoms with Crippen molar-refractivity contribution in [2.45, 2.75) is 44.2 Å². The van der Waals surface area contributed by atoms with Crippen molar-refractivity contribution in [1.29, 1.82) is 0 Å². The first-order chi connectivity index (χ1) is 17.5. The molecular formula is C28H33N5O3. The number of nitrogens with one attached hydrogen (secondary N) is 3. The maximum Gasteiger partial charge on any atom is 0.253 e. The number of anilines is 1. The fourth-order valence-electron chi connectivity index (χ4n) is 5.37. The third-order valence-corrected chi connectivity index (χ3v) is 7.46. The Morgan fingerprint density at radius 3 is 2.58 bits per heavy atom. The Hall–Kier alpha value is -3.49. The molecule has 2 heterocycles. The van der Waals surface area contributed by atoms with Crippen molar-refractivity contribution in [3.05, 3.63) is 77.9 Å². The molecule has 36 heavy (non-hydrogen) atoms. The van der Waals surface area contributed by atoms with Crippen molar-refractivity contribution in [3.8, 4) is 0 Å². The molecule has 3 amide bonds. The Bertz CT molecular complexity index is 1150. The van der Waals surface area contributed by atoms with E-state index in [0.717, 1.165) is 19.3 Å². The van der Waals surface area contributed by atoms with Gasteiger partial charge in [-0.25, -0.2) is 5.01 Å². The third kappa shape index (κ3) is 5.05. The molecule has 0 bridgehead atoms. The van der Waals surface area contributed by atoms with Gasteiger partial charge in [0.05, 0.1) is 17.5 Å². The smallest absolute Gasteiger partial charge is 0.253 e. The van der Waals surface area contributed by atoms with Crippen molar-refractivity contribution in [2.75, 3.05) is 18.6 Å². The van der Waals surface area contributed by atoms with Gasteiger partial charge in [-0.1, -0.05) is 48.6 Å². The molecule has 0 spiro atoms. The van der Waals surface area contributed by atoms with Gasteiger partial charge < -0.3 is 4.90 Å². The molecule has 0 aromatic heterocycles. The lowest BCUT2D eigenvalue weighted by Crippen LogP contribution is -2.59. The normalized spacial score (nSPS) is 25.4. The number of hydrazine groups is 2. The molecule has 2 fully saturated rings. The molecule has 0 radical (unpaired) electrons. The molecule has 0 saturated carbocycles. The molecule has 188 valence electrons. The Balaban J connectivity index is 1.15. The number of carbonyl (C=O) groups excluding carboxylic acids is 3. The van der Waals surface area contributed by atoms with Crippen LogP contribution in [0.4, 0.5) is 5.69 Å². The molecule has 2 aromatic carbocycles. The van der Waals surface area contributed by atoms with E-state index in [1.54, 1.807) is 36.2 Å². The number of carbonyl (C=O) groups is 3. The first-order valence-corrected chi connectivity index (χ1v) is 12.7. The summed E-state index contributed by atoms with van der Waals surface area (Å²) in [5, 5.41) is 1.31. The number of hydrogen-bond donors (Lipinski definition) is 3. The van der Waals surface area contributed by atoms with Crippen LogP contribution in [0.15, 0.2) is 66.7 Å². The summed E-state index contributed by atoms with van der Waals surface area (Å²) < 4.78 is 0. The summed E-state index contributed by atoms with van der Waals surface area (Å²) in [5.41, 5.74) is 11.8. The van der Waals surface area contributed by atoms with E-state index in [4.69, 9.17) is 0 Å². The highest BCUT2D eigenvalue weighted by molar-refractivity contribution is 6.05. The summed E-state index contributed by atoms with van der Waals surface area (Å²) in [4.78, 5) is 40.5. The number of amides is 3. The summed E-state index contributed by atoms with van der Waals surface area (Å²) in [5.74, 6) is -1.06. The predicted molar refractivity (Wildman–Crippen MR) is 137 cm³/mol. The number of fused-ring (bicyclic) bond motifs is 1. The second-order valence-corrected chi connectivity index (χ2v) is 9.91. The zero-order valence-corrected chi connectivity index (χ0v) is 20.5. The molecule has 3 N–H and O–H groups in total. The second-order valence-electron chi connectivity index (χ2n) is 9.91. The number of hydrogen-bond acceptors (Lipinski definition) is 5. The zero-order chi connectivity index (χ0) is 25.1. The Morgan fingerprint density at radius 1 is 1.00 bits per heavy atom. The van der Waals surface area contributed by atoms with Crippen LogP contribution < -0.4 is 21.3 Å². The Labute approximate surface area is 211 Å². The molecule has 2 saturated heterocycles. The van der Waals surface area contributed by atoms with Gasteiger partial charge in [-0.3, -0.25) is 30.7 Å². The quantitative estimate of drug-likeness (QED) is 0.522. The van der Waals surface area contributed by atoms with Crippen LogP contribution in [0.5, 0.6) is 0 Å². The van der Waals surface area contributed by atoms with E-state index in [9.17, 15) is 14.4 Å². The van der Waals surface area contributed by atoms with Crippen molar-refractivity contribution >= 4 is 23.4 Å². The number of benzene rings is 2. The van der Waals surface area contributed by atoms with Crippen molar-refractivity contribution in [1.82, 2.24) is 21.2 Å². The lowest BCUT2D eigenvalue weighted by molar-refractivity contribution is -0.139. The molecular weight excluding hydrogens is 454 g/mol. The topological polar surface area (TPSA) is 93.8 Å². The lowest BCUT2D eigenvalue weighted by atomic mass is 9.80. The van der Waals surface area contributed by atoms with E-state index in [2.05, 4.69) is 40.5 Å².